The normalized spacial score (nSPS) is 29.1. The van der Waals surface area contributed by atoms with Crippen molar-refractivity contribution in [2.24, 2.45) is 11.8 Å². The van der Waals surface area contributed by atoms with E-state index in [-0.39, 0.29) is 0 Å². The molecule has 1 aromatic carbocycles. The van der Waals surface area contributed by atoms with Gasteiger partial charge in [-0.05, 0) is 54.6 Å². The van der Waals surface area contributed by atoms with E-state index in [0.717, 1.165) is 18.4 Å². The SMILES string of the molecule is CC1(C)C2CNCC2CN1Cc1csc2ccccc12. The summed E-state index contributed by atoms with van der Waals surface area (Å²) in [4.78, 5) is 2.71. The van der Waals surface area contributed by atoms with Crippen LogP contribution in [0.1, 0.15) is 19.4 Å². The van der Waals surface area contributed by atoms with Gasteiger partial charge in [-0.1, -0.05) is 18.2 Å². The summed E-state index contributed by atoms with van der Waals surface area (Å²) in [5.74, 6) is 1.65. The molecule has 4 rings (SSSR count). The first-order chi connectivity index (χ1) is 9.66. The van der Waals surface area contributed by atoms with Crippen LogP contribution in [-0.4, -0.2) is 30.1 Å². The van der Waals surface area contributed by atoms with E-state index in [1.807, 2.05) is 11.3 Å². The number of hydrogen-bond acceptors (Lipinski definition) is 3. The van der Waals surface area contributed by atoms with E-state index in [9.17, 15) is 0 Å². The van der Waals surface area contributed by atoms with E-state index in [0.29, 0.717) is 5.54 Å². The predicted molar refractivity (Wildman–Crippen MR) is 86.2 cm³/mol. The summed E-state index contributed by atoms with van der Waals surface area (Å²) in [5.41, 5.74) is 1.82. The largest absolute Gasteiger partial charge is 0.316 e. The summed E-state index contributed by atoms with van der Waals surface area (Å²) < 4.78 is 1.42. The average Bonchev–Trinajstić information content (AvgIpc) is 3.10. The fraction of sp³-hybridized carbons (Fsp3) is 0.529. The van der Waals surface area contributed by atoms with Crippen LogP contribution in [-0.2, 0) is 6.54 Å². The fourth-order valence-corrected chi connectivity index (χ4v) is 5.09. The molecule has 1 N–H and O–H groups in total. The molecule has 0 bridgehead atoms. The first-order valence-electron chi connectivity index (χ1n) is 7.57. The van der Waals surface area contributed by atoms with E-state index in [1.165, 1.54) is 35.3 Å². The molecular formula is C17H22N2S. The van der Waals surface area contributed by atoms with E-state index >= 15 is 0 Å². The standard InChI is InChI=1S/C17H22N2S/c1-17(2)15-8-18-7-12(15)9-19(17)10-13-11-20-16-6-4-3-5-14(13)16/h3-6,11-12,15,18H,7-10H2,1-2H3. The van der Waals surface area contributed by atoms with Gasteiger partial charge in [-0.2, -0.15) is 0 Å². The van der Waals surface area contributed by atoms with Gasteiger partial charge in [0.25, 0.3) is 0 Å². The number of rotatable bonds is 2. The van der Waals surface area contributed by atoms with E-state index in [1.54, 1.807) is 0 Å². The van der Waals surface area contributed by atoms with Crippen molar-refractivity contribution < 1.29 is 0 Å². The van der Waals surface area contributed by atoms with Crippen molar-refractivity contribution in [2.75, 3.05) is 19.6 Å². The van der Waals surface area contributed by atoms with Crippen molar-refractivity contribution in [3.8, 4) is 0 Å². The smallest absolute Gasteiger partial charge is 0.0346 e. The van der Waals surface area contributed by atoms with E-state index in [2.05, 4.69) is 53.7 Å². The number of nitrogens with one attached hydrogen (secondary N) is 1. The molecule has 3 heterocycles. The lowest BCUT2D eigenvalue weighted by Crippen LogP contribution is -2.43. The van der Waals surface area contributed by atoms with Crippen LogP contribution in [0.25, 0.3) is 10.1 Å². The molecule has 3 heteroatoms. The second-order valence-corrected chi connectivity index (χ2v) is 7.73. The lowest BCUT2D eigenvalue weighted by Gasteiger charge is -2.35. The van der Waals surface area contributed by atoms with Crippen LogP contribution in [0.2, 0.25) is 0 Å². The van der Waals surface area contributed by atoms with Crippen LogP contribution in [0.3, 0.4) is 0 Å². The molecule has 2 aromatic rings. The highest BCUT2D eigenvalue weighted by Gasteiger charge is 2.49. The summed E-state index contributed by atoms with van der Waals surface area (Å²) in [6, 6.07) is 8.80. The quantitative estimate of drug-likeness (QED) is 0.911. The van der Waals surface area contributed by atoms with Crippen LogP contribution in [0, 0.1) is 11.8 Å². The molecule has 2 aliphatic heterocycles. The number of hydrogen-bond donors (Lipinski definition) is 1. The summed E-state index contributed by atoms with van der Waals surface area (Å²) in [6.07, 6.45) is 0. The monoisotopic (exact) mass is 286 g/mol. The highest BCUT2D eigenvalue weighted by molar-refractivity contribution is 7.17. The van der Waals surface area contributed by atoms with Gasteiger partial charge in [0.1, 0.15) is 0 Å². The maximum atomic E-state index is 3.56. The zero-order valence-corrected chi connectivity index (χ0v) is 13.0. The van der Waals surface area contributed by atoms with Gasteiger partial charge in [0, 0.05) is 29.9 Å². The van der Waals surface area contributed by atoms with Crippen LogP contribution in [0.5, 0.6) is 0 Å². The highest BCUT2D eigenvalue weighted by atomic mass is 32.1. The first kappa shape index (κ1) is 12.8. The van der Waals surface area contributed by atoms with Gasteiger partial charge in [0.05, 0.1) is 0 Å². The fourth-order valence-electron chi connectivity index (χ4n) is 4.13. The molecule has 2 fully saturated rings. The molecule has 0 saturated carbocycles. The van der Waals surface area contributed by atoms with Crippen molar-refractivity contribution >= 4 is 21.4 Å². The Balaban J connectivity index is 1.63. The van der Waals surface area contributed by atoms with Crippen LogP contribution >= 0.6 is 11.3 Å². The van der Waals surface area contributed by atoms with Crippen molar-refractivity contribution in [1.29, 1.82) is 0 Å². The van der Waals surface area contributed by atoms with E-state index < -0.39 is 0 Å². The van der Waals surface area contributed by atoms with Gasteiger partial charge in [-0.3, -0.25) is 4.90 Å². The molecule has 20 heavy (non-hydrogen) atoms. The Hall–Kier alpha value is -0.900. The molecule has 0 radical (unpaired) electrons. The van der Waals surface area contributed by atoms with Crippen molar-refractivity contribution in [2.45, 2.75) is 25.9 Å². The third-order valence-corrected chi connectivity index (χ3v) is 6.45. The molecule has 106 valence electrons. The number of benzene rings is 1. The Morgan fingerprint density at radius 3 is 3.00 bits per heavy atom. The van der Waals surface area contributed by atoms with Gasteiger partial charge in [-0.25, -0.2) is 0 Å². The highest BCUT2D eigenvalue weighted by Crippen LogP contribution is 2.42. The average molecular weight is 286 g/mol. The first-order valence-corrected chi connectivity index (χ1v) is 8.45. The third kappa shape index (κ3) is 1.84. The van der Waals surface area contributed by atoms with Crippen LogP contribution in [0.4, 0.5) is 0 Å². The molecule has 2 unspecified atom stereocenters. The minimum Gasteiger partial charge on any atom is -0.316 e. The lowest BCUT2D eigenvalue weighted by molar-refractivity contribution is 0.132. The molecule has 0 aliphatic carbocycles. The van der Waals surface area contributed by atoms with Crippen LogP contribution in [0.15, 0.2) is 29.6 Å². The summed E-state index contributed by atoms with van der Waals surface area (Å²) in [7, 11) is 0. The predicted octanol–water partition coefficient (Wildman–Crippen LogP) is 3.33. The molecule has 2 atom stereocenters. The molecular weight excluding hydrogens is 264 g/mol. The molecule has 2 aliphatic rings. The number of thiophene rings is 1. The second kappa shape index (κ2) is 4.55. The molecule has 1 aromatic heterocycles. The van der Waals surface area contributed by atoms with Crippen molar-refractivity contribution in [3.05, 3.63) is 35.2 Å². The Morgan fingerprint density at radius 2 is 2.15 bits per heavy atom. The molecule has 2 saturated heterocycles. The van der Waals surface area contributed by atoms with Crippen molar-refractivity contribution in [3.63, 3.8) is 0 Å². The van der Waals surface area contributed by atoms with Gasteiger partial charge < -0.3 is 5.32 Å². The van der Waals surface area contributed by atoms with E-state index in [4.69, 9.17) is 0 Å². The summed E-state index contributed by atoms with van der Waals surface area (Å²) >= 11 is 1.88. The van der Waals surface area contributed by atoms with Crippen LogP contribution < -0.4 is 5.32 Å². The minimum atomic E-state index is 0.317. The Morgan fingerprint density at radius 1 is 1.30 bits per heavy atom. The third-order valence-electron chi connectivity index (χ3n) is 5.44. The van der Waals surface area contributed by atoms with Gasteiger partial charge in [0.2, 0.25) is 0 Å². The van der Waals surface area contributed by atoms with Gasteiger partial charge in [0.15, 0.2) is 0 Å². The molecule has 2 nitrogen and oxygen atoms in total. The molecule has 0 amide bonds. The zero-order valence-electron chi connectivity index (χ0n) is 12.2. The lowest BCUT2D eigenvalue weighted by atomic mass is 9.85. The number of likely N-dealkylation sites (tertiary alicyclic amines) is 1. The summed E-state index contributed by atoms with van der Waals surface area (Å²) in [6.45, 7) is 9.60. The maximum absolute atomic E-state index is 3.56. The number of nitrogens with zero attached hydrogens (tertiary/aromatic N) is 1. The number of fused-ring (bicyclic) bond motifs is 2. The Bertz CT molecular complexity index is 631. The van der Waals surface area contributed by atoms with Crippen molar-refractivity contribution in [1.82, 2.24) is 10.2 Å². The maximum Gasteiger partial charge on any atom is 0.0346 e. The Kier molecular flexibility index (Phi) is 2.92. The van der Waals surface area contributed by atoms with Gasteiger partial charge >= 0.3 is 0 Å². The Labute approximate surface area is 124 Å². The summed E-state index contributed by atoms with van der Waals surface area (Å²) in [5, 5.41) is 7.37. The molecule has 0 spiro atoms. The minimum absolute atomic E-state index is 0.317. The zero-order chi connectivity index (χ0) is 13.7. The van der Waals surface area contributed by atoms with Gasteiger partial charge in [-0.15, -0.1) is 11.3 Å². The second-order valence-electron chi connectivity index (χ2n) is 6.82. The topological polar surface area (TPSA) is 15.3 Å².